The van der Waals surface area contributed by atoms with Crippen LogP contribution < -0.4 is 4.74 Å². The summed E-state index contributed by atoms with van der Waals surface area (Å²) in [5, 5.41) is 12.2. The second-order valence-electron chi connectivity index (χ2n) is 10.1. The van der Waals surface area contributed by atoms with Gasteiger partial charge < -0.3 is 33.5 Å². The van der Waals surface area contributed by atoms with E-state index in [4.69, 9.17) is 28.4 Å². The summed E-state index contributed by atoms with van der Waals surface area (Å²) < 4.78 is 32.9. The van der Waals surface area contributed by atoms with E-state index in [1.54, 1.807) is 19.2 Å². The Kier molecular flexibility index (Phi) is 8.98. The van der Waals surface area contributed by atoms with Crippen LogP contribution in [0.4, 0.5) is 0 Å². The number of methoxy groups -OCH3 is 1. The van der Waals surface area contributed by atoms with Gasteiger partial charge in [0.1, 0.15) is 18.5 Å². The Hall–Kier alpha value is -3.96. The van der Waals surface area contributed by atoms with Crippen LogP contribution in [0.2, 0.25) is 0 Å². The van der Waals surface area contributed by atoms with Gasteiger partial charge in [-0.15, -0.1) is 0 Å². The third-order valence-corrected chi connectivity index (χ3v) is 7.21. The van der Waals surface area contributed by atoms with Gasteiger partial charge in [-0.3, -0.25) is 19.2 Å². The Morgan fingerprint density at radius 3 is 2.10 bits per heavy atom. The number of carbonyl (C=O) groups is 4. The molecule has 0 amide bonds. The zero-order valence-electron chi connectivity index (χ0n) is 23.6. The number of rotatable bonds is 8. The molecule has 2 aromatic rings. The lowest BCUT2D eigenvalue weighted by Gasteiger charge is -2.48. The Labute approximate surface area is 237 Å². The van der Waals surface area contributed by atoms with E-state index in [2.05, 4.69) is 0 Å². The molecule has 1 N–H and O–H groups in total. The van der Waals surface area contributed by atoms with Gasteiger partial charge in [0, 0.05) is 39.2 Å². The first kappa shape index (κ1) is 30.0. The molecule has 2 aliphatic rings. The highest BCUT2D eigenvalue weighted by Gasteiger charge is 2.60. The maximum atomic E-state index is 12.2. The minimum atomic E-state index is -2.38. The third kappa shape index (κ3) is 6.52. The lowest BCUT2D eigenvalue weighted by molar-refractivity contribution is -0.360. The summed E-state index contributed by atoms with van der Waals surface area (Å²) in [7, 11) is 1.60. The molecule has 1 fully saturated rings. The van der Waals surface area contributed by atoms with E-state index in [9.17, 15) is 24.3 Å². The van der Waals surface area contributed by atoms with Gasteiger partial charge in [0.2, 0.25) is 11.9 Å². The SMILES string of the molecule is COc1ccc(C2CCc3ccc([C@]4(O)O[C@H](COC(C)=O)[C@@H](OC(C)=O)[C@H](OC(C)=O)[C@H]4OC(C)=O)cc32)cc1. The molecule has 6 atom stereocenters. The van der Waals surface area contributed by atoms with E-state index in [1.807, 2.05) is 30.3 Å². The zero-order chi connectivity index (χ0) is 29.9. The van der Waals surface area contributed by atoms with Crippen molar-refractivity contribution in [2.75, 3.05) is 13.7 Å². The number of hydrogen-bond donors (Lipinski definition) is 1. The molecule has 0 aromatic heterocycles. The van der Waals surface area contributed by atoms with Crippen LogP contribution in [-0.2, 0) is 55.1 Å². The Bertz CT molecular complexity index is 1300. The number of fused-ring (bicyclic) bond motifs is 1. The van der Waals surface area contributed by atoms with E-state index in [0.29, 0.717) is 0 Å². The van der Waals surface area contributed by atoms with Gasteiger partial charge >= 0.3 is 23.9 Å². The minimum absolute atomic E-state index is 0.00475. The maximum Gasteiger partial charge on any atom is 0.303 e. The fraction of sp³-hybridized carbons (Fsp3) is 0.467. The zero-order valence-corrected chi connectivity index (χ0v) is 23.6. The molecule has 0 saturated carbocycles. The number of hydrogen-bond acceptors (Lipinski definition) is 11. The number of carbonyl (C=O) groups excluding carboxylic acids is 4. The minimum Gasteiger partial charge on any atom is -0.497 e. The predicted molar refractivity (Wildman–Crippen MR) is 142 cm³/mol. The maximum absolute atomic E-state index is 12.2. The summed E-state index contributed by atoms with van der Waals surface area (Å²) >= 11 is 0. The topological polar surface area (TPSA) is 144 Å². The van der Waals surface area contributed by atoms with E-state index in [0.717, 1.165) is 56.1 Å². The van der Waals surface area contributed by atoms with Crippen LogP contribution >= 0.6 is 0 Å². The van der Waals surface area contributed by atoms with Crippen molar-refractivity contribution in [1.29, 1.82) is 0 Å². The van der Waals surface area contributed by atoms with Crippen molar-refractivity contribution in [3.63, 3.8) is 0 Å². The van der Waals surface area contributed by atoms with Crippen molar-refractivity contribution in [2.24, 2.45) is 0 Å². The summed E-state index contributed by atoms with van der Waals surface area (Å²) in [6, 6.07) is 13.0. The monoisotopic (exact) mass is 570 g/mol. The molecule has 1 saturated heterocycles. The average molecular weight is 571 g/mol. The van der Waals surface area contributed by atoms with Gasteiger partial charge in [-0.05, 0) is 47.7 Å². The molecular formula is C30H34O11. The molecule has 1 aliphatic carbocycles. The molecule has 41 heavy (non-hydrogen) atoms. The Morgan fingerprint density at radius 2 is 1.51 bits per heavy atom. The number of aliphatic hydroxyl groups is 1. The number of esters is 4. The van der Waals surface area contributed by atoms with Crippen molar-refractivity contribution >= 4 is 23.9 Å². The molecule has 0 radical (unpaired) electrons. The summed E-state index contributed by atoms with van der Waals surface area (Å²) in [4.78, 5) is 48.1. The van der Waals surface area contributed by atoms with Crippen LogP contribution in [0.5, 0.6) is 5.75 Å². The molecule has 0 spiro atoms. The second-order valence-corrected chi connectivity index (χ2v) is 10.1. The predicted octanol–water partition coefficient (Wildman–Crippen LogP) is 2.68. The first-order valence-corrected chi connectivity index (χ1v) is 13.3. The van der Waals surface area contributed by atoms with Crippen molar-refractivity contribution < 1.29 is 52.7 Å². The molecule has 1 aliphatic heterocycles. The van der Waals surface area contributed by atoms with E-state index < -0.39 is 60.7 Å². The quantitative estimate of drug-likeness (QED) is 0.369. The average Bonchev–Trinajstić information content (AvgIpc) is 3.34. The Morgan fingerprint density at radius 1 is 0.878 bits per heavy atom. The van der Waals surface area contributed by atoms with Crippen LogP contribution in [0.1, 0.15) is 62.3 Å². The fourth-order valence-electron chi connectivity index (χ4n) is 5.52. The first-order valence-electron chi connectivity index (χ1n) is 13.3. The molecule has 11 nitrogen and oxygen atoms in total. The van der Waals surface area contributed by atoms with E-state index >= 15 is 0 Å². The van der Waals surface area contributed by atoms with Gasteiger partial charge in [0.15, 0.2) is 12.2 Å². The van der Waals surface area contributed by atoms with Gasteiger partial charge in [0.05, 0.1) is 7.11 Å². The number of benzene rings is 2. The molecular weight excluding hydrogens is 536 g/mol. The lowest BCUT2D eigenvalue weighted by atomic mass is 9.85. The van der Waals surface area contributed by atoms with Gasteiger partial charge in [-0.25, -0.2) is 0 Å². The van der Waals surface area contributed by atoms with Crippen LogP contribution in [0.3, 0.4) is 0 Å². The molecule has 220 valence electrons. The summed E-state index contributed by atoms with van der Waals surface area (Å²) in [5.74, 6) is -4.63. The van der Waals surface area contributed by atoms with Crippen LogP contribution in [-0.4, -0.2) is 67.1 Å². The van der Waals surface area contributed by atoms with Crippen molar-refractivity contribution in [3.8, 4) is 5.75 Å². The van der Waals surface area contributed by atoms with E-state index in [1.165, 1.54) is 6.92 Å². The summed E-state index contributed by atoms with van der Waals surface area (Å²) in [6.07, 6.45) is -4.15. The highest BCUT2D eigenvalue weighted by molar-refractivity contribution is 5.69. The van der Waals surface area contributed by atoms with Crippen LogP contribution in [0.25, 0.3) is 0 Å². The number of ether oxygens (including phenoxy) is 6. The molecule has 11 heteroatoms. The lowest BCUT2D eigenvalue weighted by Crippen LogP contribution is -2.66. The third-order valence-electron chi connectivity index (χ3n) is 7.21. The molecule has 2 aromatic carbocycles. The second kappa shape index (κ2) is 12.3. The van der Waals surface area contributed by atoms with Crippen LogP contribution in [0.15, 0.2) is 42.5 Å². The van der Waals surface area contributed by atoms with Crippen molar-refractivity contribution in [3.05, 3.63) is 64.7 Å². The molecule has 0 bridgehead atoms. The highest BCUT2D eigenvalue weighted by atomic mass is 16.7. The summed E-state index contributed by atoms with van der Waals surface area (Å²) in [6.45, 7) is 4.12. The molecule has 4 rings (SSSR count). The molecule has 1 unspecified atom stereocenters. The Balaban J connectivity index is 1.81. The van der Waals surface area contributed by atoms with Crippen molar-refractivity contribution in [2.45, 2.75) is 76.7 Å². The molecule has 1 heterocycles. The summed E-state index contributed by atoms with van der Waals surface area (Å²) in [5.41, 5.74) is 3.28. The van der Waals surface area contributed by atoms with Gasteiger partial charge in [0.25, 0.3) is 0 Å². The van der Waals surface area contributed by atoms with Crippen LogP contribution in [0, 0.1) is 0 Å². The normalized spacial score (nSPS) is 26.8. The van der Waals surface area contributed by atoms with E-state index in [-0.39, 0.29) is 11.5 Å². The highest BCUT2D eigenvalue weighted by Crippen LogP contribution is 2.45. The largest absolute Gasteiger partial charge is 0.497 e. The number of aryl methyl sites for hydroxylation is 1. The van der Waals surface area contributed by atoms with Gasteiger partial charge in [-0.1, -0.05) is 24.3 Å². The smallest absolute Gasteiger partial charge is 0.303 e. The van der Waals surface area contributed by atoms with Gasteiger partial charge in [-0.2, -0.15) is 0 Å². The van der Waals surface area contributed by atoms with Crippen molar-refractivity contribution in [1.82, 2.24) is 0 Å². The standard InChI is InChI=1S/C30H34O11/c1-16(31)37-15-26-27(38-17(2)32)28(39-18(3)33)29(40-19(4)34)30(35,41-26)22-10-6-21-9-13-24(25(21)14-22)20-7-11-23(36-5)12-8-20/h6-8,10-12,14,24,26-29,35H,9,13,15H2,1-5H3/t24?,26-,27-,28+,29-,30+/m1/s1. The first-order chi connectivity index (χ1) is 19.4. The fourth-order valence-corrected chi connectivity index (χ4v) is 5.52.